The molecule has 0 saturated carbocycles. The predicted molar refractivity (Wildman–Crippen MR) is 120 cm³/mol. The monoisotopic (exact) mass is 452 g/mol. The highest BCUT2D eigenvalue weighted by molar-refractivity contribution is 7.14. The van der Waals surface area contributed by atoms with Crippen LogP contribution in [0.5, 0.6) is 5.75 Å². The van der Waals surface area contributed by atoms with Crippen LogP contribution in [0.4, 0.5) is 5.13 Å². The number of hydrogen-bond donors (Lipinski definition) is 1. The van der Waals surface area contributed by atoms with Crippen LogP contribution < -0.4 is 9.64 Å². The van der Waals surface area contributed by atoms with Crippen LogP contribution in [0, 0.1) is 0 Å². The largest absolute Gasteiger partial charge is 0.507 e. The highest BCUT2D eigenvalue weighted by Crippen LogP contribution is 2.43. The lowest BCUT2D eigenvalue weighted by Gasteiger charge is -2.23. The Bertz CT molecular complexity index is 1170. The van der Waals surface area contributed by atoms with Crippen molar-refractivity contribution in [3.05, 3.63) is 94.5 Å². The van der Waals surface area contributed by atoms with Gasteiger partial charge in [-0.3, -0.25) is 14.5 Å². The molecule has 31 heavy (non-hydrogen) atoms. The van der Waals surface area contributed by atoms with Gasteiger partial charge in [0.1, 0.15) is 18.1 Å². The fraction of sp³-hybridized carbons (Fsp3) is 0.0870. The smallest absolute Gasteiger partial charge is 0.301 e. The lowest BCUT2D eigenvalue weighted by Crippen LogP contribution is -2.29. The molecule has 1 aliphatic rings. The number of ketones is 1. The number of aliphatic hydroxyl groups is 1. The minimum Gasteiger partial charge on any atom is -0.507 e. The fourth-order valence-electron chi connectivity index (χ4n) is 3.38. The van der Waals surface area contributed by atoms with E-state index in [9.17, 15) is 14.7 Å². The molecule has 0 aliphatic carbocycles. The molecule has 1 atom stereocenters. The van der Waals surface area contributed by atoms with Crippen LogP contribution in [0.2, 0.25) is 5.02 Å². The lowest BCUT2D eigenvalue weighted by molar-refractivity contribution is -0.132. The third-order valence-electron chi connectivity index (χ3n) is 4.73. The number of carbonyl (C=O) groups is 2. The molecule has 8 heteroatoms. The molecule has 1 unspecified atom stereocenters. The van der Waals surface area contributed by atoms with E-state index in [0.717, 1.165) is 0 Å². The SMILES string of the molecule is C=CCOc1ccc(/C(O)=C2\C(=O)C(=O)N(c3nccs3)C2c2cccc(Cl)c2)cc1. The first-order valence-corrected chi connectivity index (χ1v) is 10.6. The molecule has 1 amide bonds. The number of nitrogens with zero attached hydrogens (tertiary/aromatic N) is 2. The molecule has 156 valence electrons. The summed E-state index contributed by atoms with van der Waals surface area (Å²) in [6.45, 7) is 3.95. The first-order chi connectivity index (χ1) is 15.0. The van der Waals surface area contributed by atoms with Gasteiger partial charge in [0.15, 0.2) is 5.13 Å². The molecule has 1 saturated heterocycles. The predicted octanol–water partition coefficient (Wildman–Crippen LogP) is 4.99. The lowest BCUT2D eigenvalue weighted by atomic mass is 9.95. The highest BCUT2D eigenvalue weighted by atomic mass is 35.5. The van der Waals surface area contributed by atoms with Crippen molar-refractivity contribution in [1.82, 2.24) is 4.98 Å². The zero-order valence-electron chi connectivity index (χ0n) is 16.2. The first-order valence-electron chi connectivity index (χ1n) is 9.31. The summed E-state index contributed by atoms with van der Waals surface area (Å²) in [5.74, 6) is -1.24. The van der Waals surface area contributed by atoms with E-state index in [-0.39, 0.29) is 11.3 Å². The third-order valence-corrected chi connectivity index (χ3v) is 5.74. The minimum atomic E-state index is -0.860. The van der Waals surface area contributed by atoms with Crippen molar-refractivity contribution in [2.75, 3.05) is 11.5 Å². The van der Waals surface area contributed by atoms with Crippen LogP contribution in [-0.2, 0) is 9.59 Å². The summed E-state index contributed by atoms with van der Waals surface area (Å²) < 4.78 is 5.46. The maximum Gasteiger partial charge on any atom is 0.301 e. The molecule has 1 fully saturated rings. The number of thiazole rings is 1. The number of ether oxygens (including phenoxy) is 1. The quantitative estimate of drug-likeness (QED) is 0.247. The molecule has 0 spiro atoms. The van der Waals surface area contributed by atoms with Gasteiger partial charge < -0.3 is 9.84 Å². The standard InChI is InChI=1S/C23H17ClN2O4S/c1-2-11-30-17-8-6-14(7-9-17)20(27)18-19(15-4-3-5-16(24)13-15)26(22(29)21(18)28)23-25-10-12-31-23/h2-10,12-13,19,27H,1,11H2/b20-18+. The number of anilines is 1. The average molecular weight is 453 g/mol. The number of Topliss-reactive ketones (excluding diaryl/α,β-unsaturated/α-hetero) is 1. The van der Waals surface area contributed by atoms with Gasteiger partial charge in [0.2, 0.25) is 0 Å². The Morgan fingerprint density at radius 2 is 2.03 bits per heavy atom. The normalized spacial score (nSPS) is 17.7. The van der Waals surface area contributed by atoms with E-state index in [1.807, 2.05) is 0 Å². The van der Waals surface area contributed by atoms with Gasteiger partial charge in [0.25, 0.3) is 5.78 Å². The molecule has 1 aliphatic heterocycles. The average Bonchev–Trinajstić information content (AvgIpc) is 3.39. The molecule has 4 rings (SSSR count). The summed E-state index contributed by atoms with van der Waals surface area (Å²) >= 11 is 7.40. The Morgan fingerprint density at radius 3 is 2.68 bits per heavy atom. The Labute approximate surface area is 187 Å². The number of carbonyl (C=O) groups excluding carboxylic acids is 2. The molecular formula is C23H17ClN2O4S. The number of rotatable bonds is 6. The van der Waals surface area contributed by atoms with Crippen LogP contribution in [0.3, 0.4) is 0 Å². The van der Waals surface area contributed by atoms with E-state index in [0.29, 0.717) is 33.6 Å². The summed E-state index contributed by atoms with van der Waals surface area (Å²) in [4.78, 5) is 31.4. The van der Waals surface area contributed by atoms with E-state index in [4.69, 9.17) is 16.3 Å². The van der Waals surface area contributed by atoms with E-state index in [2.05, 4.69) is 11.6 Å². The van der Waals surface area contributed by atoms with Crippen molar-refractivity contribution >= 4 is 45.5 Å². The number of aliphatic hydroxyl groups excluding tert-OH is 1. The van der Waals surface area contributed by atoms with Crippen LogP contribution in [-0.4, -0.2) is 28.4 Å². The van der Waals surface area contributed by atoms with E-state index < -0.39 is 17.7 Å². The maximum atomic E-state index is 13.0. The molecule has 3 aromatic rings. The molecule has 1 aromatic heterocycles. The molecular weight excluding hydrogens is 436 g/mol. The van der Waals surface area contributed by atoms with Gasteiger partial charge >= 0.3 is 5.91 Å². The second-order valence-corrected chi connectivity index (χ2v) is 7.97. The van der Waals surface area contributed by atoms with E-state index >= 15 is 0 Å². The highest BCUT2D eigenvalue weighted by Gasteiger charge is 2.48. The number of aromatic nitrogens is 1. The number of amides is 1. The van der Waals surface area contributed by atoms with E-state index in [1.165, 1.54) is 16.2 Å². The Morgan fingerprint density at radius 1 is 1.26 bits per heavy atom. The zero-order valence-corrected chi connectivity index (χ0v) is 17.8. The topological polar surface area (TPSA) is 79.7 Å². The van der Waals surface area contributed by atoms with Gasteiger partial charge in [0, 0.05) is 22.2 Å². The van der Waals surface area contributed by atoms with Gasteiger partial charge in [-0.25, -0.2) is 4.98 Å². The molecule has 0 radical (unpaired) electrons. The second-order valence-electron chi connectivity index (χ2n) is 6.66. The van der Waals surface area contributed by atoms with Gasteiger partial charge in [0.05, 0.1) is 11.6 Å². The molecule has 6 nitrogen and oxygen atoms in total. The summed E-state index contributed by atoms with van der Waals surface area (Å²) in [6.07, 6.45) is 3.18. The summed E-state index contributed by atoms with van der Waals surface area (Å²) in [7, 11) is 0. The Hall–Kier alpha value is -3.42. The van der Waals surface area contributed by atoms with Gasteiger partial charge in [-0.2, -0.15) is 0 Å². The number of halogens is 1. The molecule has 2 aromatic carbocycles. The van der Waals surface area contributed by atoms with Crippen molar-refractivity contribution in [1.29, 1.82) is 0 Å². The summed E-state index contributed by atoms with van der Waals surface area (Å²) in [5, 5.41) is 13.6. The summed E-state index contributed by atoms with van der Waals surface area (Å²) in [5.41, 5.74) is 0.951. The van der Waals surface area contributed by atoms with Gasteiger partial charge in [-0.15, -0.1) is 11.3 Å². The fourth-order valence-corrected chi connectivity index (χ4v) is 4.24. The van der Waals surface area contributed by atoms with E-state index in [1.54, 1.807) is 66.2 Å². The van der Waals surface area contributed by atoms with Gasteiger partial charge in [-0.1, -0.05) is 36.4 Å². The summed E-state index contributed by atoms with van der Waals surface area (Å²) in [6, 6.07) is 12.6. The first kappa shape index (κ1) is 20.8. The maximum absolute atomic E-state index is 13.0. The van der Waals surface area contributed by atoms with Crippen molar-refractivity contribution in [3.63, 3.8) is 0 Å². The second kappa shape index (κ2) is 8.75. The number of benzene rings is 2. The Kier molecular flexibility index (Phi) is 5.88. The van der Waals surface area contributed by atoms with Crippen LogP contribution in [0.25, 0.3) is 5.76 Å². The zero-order chi connectivity index (χ0) is 22.0. The van der Waals surface area contributed by atoms with Crippen molar-refractivity contribution in [2.24, 2.45) is 0 Å². The third kappa shape index (κ3) is 3.97. The van der Waals surface area contributed by atoms with Crippen molar-refractivity contribution in [2.45, 2.75) is 6.04 Å². The molecule has 0 bridgehead atoms. The Balaban J connectivity index is 1.84. The van der Waals surface area contributed by atoms with Crippen molar-refractivity contribution in [3.8, 4) is 5.75 Å². The van der Waals surface area contributed by atoms with Crippen LogP contribution in [0.1, 0.15) is 17.2 Å². The number of hydrogen-bond acceptors (Lipinski definition) is 6. The minimum absolute atomic E-state index is 0.0257. The van der Waals surface area contributed by atoms with Crippen molar-refractivity contribution < 1.29 is 19.4 Å². The molecule has 1 N–H and O–H groups in total. The van der Waals surface area contributed by atoms with Gasteiger partial charge in [-0.05, 0) is 42.0 Å². The molecule has 2 heterocycles. The van der Waals surface area contributed by atoms with Crippen LogP contribution >= 0.6 is 22.9 Å². The van der Waals surface area contributed by atoms with Crippen LogP contribution in [0.15, 0.2) is 78.3 Å².